The first-order chi connectivity index (χ1) is 5.29. The van der Waals surface area contributed by atoms with Crippen LogP contribution in [0.3, 0.4) is 0 Å². The van der Waals surface area contributed by atoms with Crippen LogP contribution in [0, 0.1) is 3.57 Å². The molecule has 0 saturated heterocycles. The molecule has 2 N–H and O–H groups in total. The minimum absolute atomic E-state index is 0.523. The summed E-state index contributed by atoms with van der Waals surface area (Å²) in [5.41, 5.74) is 6.51. The SMILES string of the molecule is Nc1ncnn2ccc(I)c12. The van der Waals surface area contributed by atoms with Crippen LogP contribution in [0.2, 0.25) is 0 Å². The second-order valence-electron chi connectivity index (χ2n) is 2.10. The predicted octanol–water partition coefficient (Wildman–Crippen LogP) is 0.916. The van der Waals surface area contributed by atoms with Crippen LogP contribution in [-0.4, -0.2) is 14.6 Å². The van der Waals surface area contributed by atoms with Gasteiger partial charge in [-0.05, 0) is 28.7 Å². The van der Waals surface area contributed by atoms with E-state index >= 15 is 0 Å². The molecule has 2 heterocycles. The summed E-state index contributed by atoms with van der Waals surface area (Å²) in [6.45, 7) is 0. The van der Waals surface area contributed by atoms with Gasteiger partial charge in [-0.15, -0.1) is 0 Å². The van der Waals surface area contributed by atoms with Gasteiger partial charge in [0.05, 0.1) is 0 Å². The summed E-state index contributed by atoms with van der Waals surface area (Å²) in [7, 11) is 0. The van der Waals surface area contributed by atoms with Gasteiger partial charge in [0.25, 0.3) is 0 Å². The Morgan fingerprint density at radius 2 is 2.36 bits per heavy atom. The molecule has 4 nitrogen and oxygen atoms in total. The predicted molar refractivity (Wildman–Crippen MR) is 50.1 cm³/mol. The zero-order valence-corrected chi connectivity index (χ0v) is 7.69. The van der Waals surface area contributed by atoms with Crippen molar-refractivity contribution < 1.29 is 0 Å². The average molecular weight is 260 g/mol. The molecule has 0 radical (unpaired) electrons. The lowest BCUT2D eigenvalue weighted by Crippen LogP contribution is -1.98. The summed E-state index contributed by atoms with van der Waals surface area (Å²) in [5, 5.41) is 3.98. The van der Waals surface area contributed by atoms with E-state index in [1.54, 1.807) is 4.52 Å². The van der Waals surface area contributed by atoms with E-state index in [4.69, 9.17) is 5.73 Å². The van der Waals surface area contributed by atoms with Gasteiger partial charge in [-0.2, -0.15) is 5.10 Å². The Kier molecular flexibility index (Phi) is 1.45. The Morgan fingerprint density at radius 1 is 1.55 bits per heavy atom. The Bertz CT molecular complexity index is 394. The fourth-order valence-corrected chi connectivity index (χ4v) is 1.62. The molecule has 0 aliphatic carbocycles. The number of nitrogens with zero attached hydrogens (tertiary/aromatic N) is 3. The Morgan fingerprint density at radius 3 is 3.09 bits per heavy atom. The van der Waals surface area contributed by atoms with E-state index < -0.39 is 0 Å². The molecule has 11 heavy (non-hydrogen) atoms. The highest BCUT2D eigenvalue weighted by Crippen LogP contribution is 2.17. The fraction of sp³-hybridized carbons (Fsp3) is 0. The van der Waals surface area contributed by atoms with Gasteiger partial charge in [-0.3, -0.25) is 0 Å². The van der Waals surface area contributed by atoms with E-state index in [1.165, 1.54) is 6.33 Å². The zero-order valence-electron chi connectivity index (χ0n) is 5.53. The molecule has 0 saturated carbocycles. The van der Waals surface area contributed by atoms with Gasteiger partial charge in [-0.1, -0.05) is 0 Å². The first-order valence-corrected chi connectivity index (χ1v) is 4.10. The summed E-state index contributed by atoms with van der Waals surface area (Å²) < 4.78 is 2.78. The topological polar surface area (TPSA) is 56.2 Å². The molecule has 2 rings (SSSR count). The smallest absolute Gasteiger partial charge is 0.152 e. The molecule has 0 aromatic carbocycles. The van der Waals surface area contributed by atoms with Crippen LogP contribution in [0.25, 0.3) is 5.52 Å². The van der Waals surface area contributed by atoms with Crippen molar-refractivity contribution in [2.75, 3.05) is 5.73 Å². The van der Waals surface area contributed by atoms with Crippen LogP contribution < -0.4 is 5.73 Å². The van der Waals surface area contributed by atoms with Crippen molar-refractivity contribution in [3.05, 3.63) is 22.2 Å². The van der Waals surface area contributed by atoms with Gasteiger partial charge in [-0.25, -0.2) is 9.50 Å². The number of nitrogens with two attached hydrogens (primary N) is 1. The van der Waals surface area contributed by atoms with Crippen LogP contribution in [0.15, 0.2) is 18.6 Å². The third kappa shape index (κ3) is 0.953. The lowest BCUT2D eigenvalue weighted by atomic mass is 10.5. The normalized spacial score (nSPS) is 10.6. The Labute approximate surface area is 76.6 Å². The minimum atomic E-state index is 0.523. The summed E-state index contributed by atoms with van der Waals surface area (Å²) >= 11 is 2.20. The van der Waals surface area contributed by atoms with Crippen LogP contribution in [0.1, 0.15) is 0 Å². The maximum Gasteiger partial charge on any atom is 0.152 e. The first kappa shape index (κ1) is 6.84. The third-order valence-electron chi connectivity index (χ3n) is 1.43. The Balaban J connectivity index is 2.96. The molecule has 0 bridgehead atoms. The third-order valence-corrected chi connectivity index (χ3v) is 2.30. The van der Waals surface area contributed by atoms with Crippen molar-refractivity contribution in [2.24, 2.45) is 0 Å². The Hall–Kier alpha value is -0.850. The molecule has 0 amide bonds. The van der Waals surface area contributed by atoms with Gasteiger partial charge in [0, 0.05) is 9.77 Å². The first-order valence-electron chi connectivity index (χ1n) is 3.02. The number of hydrogen-bond donors (Lipinski definition) is 1. The zero-order chi connectivity index (χ0) is 7.84. The highest BCUT2D eigenvalue weighted by atomic mass is 127. The van der Waals surface area contributed by atoms with E-state index in [1.807, 2.05) is 12.3 Å². The largest absolute Gasteiger partial charge is 0.382 e. The second-order valence-corrected chi connectivity index (χ2v) is 3.26. The molecule has 0 spiro atoms. The van der Waals surface area contributed by atoms with E-state index in [0.29, 0.717) is 5.82 Å². The molecule has 0 aliphatic heterocycles. The number of rotatable bonds is 0. The summed E-state index contributed by atoms with van der Waals surface area (Å²) in [5.74, 6) is 0.523. The highest BCUT2D eigenvalue weighted by molar-refractivity contribution is 14.1. The van der Waals surface area contributed by atoms with E-state index in [9.17, 15) is 0 Å². The van der Waals surface area contributed by atoms with E-state index in [0.717, 1.165) is 9.09 Å². The van der Waals surface area contributed by atoms with Crippen molar-refractivity contribution in [1.82, 2.24) is 14.6 Å². The lowest BCUT2D eigenvalue weighted by molar-refractivity contribution is 0.907. The molecule has 5 heteroatoms. The van der Waals surface area contributed by atoms with Gasteiger partial charge in [0.2, 0.25) is 0 Å². The summed E-state index contributed by atoms with van der Waals surface area (Å²) in [4.78, 5) is 3.88. The number of nitrogen functional groups attached to an aromatic ring is 1. The van der Waals surface area contributed by atoms with E-state index in [2.05, 4.69) is 32.7 Å². The monoisotopic (exact) mass is 260 g/mol. The molecule has 0 atom stereocenters. The van der Waals surface area contributed by atoms with Crippen molar-refractivity contribution >= 4 is 33.9 Å². The van der Waals surface area contributed by atoms with Crippen LogP contribution in [0.4, 0.5) is 5.82 Å². The van der Waals surface area contributed by atoms with Crippen molar-refractivity contribution in [3.63, 3.8) is 0 Å². The quantitative estimate of drug-likeness (QED) is 0.716. The van der Waals surface area contributed by atoms with Crippen LogP contribution in [0.5, 0.6) is 0 Å². The lowest BCUT2D eigenvalue weighted by Gasteiger charge is -1.95. The van der Waals surface area contributed by atoms with Crippen molar-refractivity contribution in [3.8, 4) is 0 Å². The number of fused-ring (bicyclic) bond motifs is 1. The van der Waals surface area contributed by atoms with Crippen LogP contribution >= 0.6 is 22.6 Å². The average Bonchev–Trinajstić information content (AvgIpc) is 2.34. The van der Waals surface area contributed by atoms with Crippen molar-refractivity contribution in [2.45, 2.75) is 0 Å². The van der Waals surface area contributed by atoms with Gasteiger partial charge < -0.3 is 5.73 Å². The molecular formula is C6H5IN4. The van der Waals surface area contributed by atoms with Gasteiger partial charge in [0.1, 0.15) is 11.8 Å². The number of anilines is 1. The summed E-state index contributed by atoms with van der Waals surface area (Å²) in [6, 6.07) is 1.95. The molecule has 2 aromatic heterocycles. The van der Waals surface area contributed by atoms with Gasteiger partial charge >= 0.3 is 0 Å². The maximum atomic E-state index is 5.62. The number of hydrogen-bond acceptors (Lipinski definition) is 3. The second kappa shape index (κ2) is 2.33. The number of halogens is 1. The standard InChI is InChI=1S/C6H5IN4/c7-4-1-2-11-5(4)6(8)9-3-10-11/h1-3H,(H2,8,9,10). The number of aromatic nitrogens is 3. The molecule has 2 aromatic rings. The molecular weight excluding hydrogens is 255 g/mol. The molecule has 56 valence electrons. The van der Waals surface area contributed by atoms with Crippen molar-refractivity contribution in [1.29, 1.82) is 0 Å². The van der Waals surface area contributed by atoms with Gasteiger partial charge in [0.15, 0.2) is 5.82 Å². The fourth-order valence-electron chi connectivity index (χ4n) is 0.940. The maximum absolute atomic E-state index is 5.62. The summed E-state index contributed by atoms with van der Waals surface area (Å²) in [6.07, 6.45) is 3.30. The minimum Gasteiger partial charge on any atom is -0.382 e. The van der Waals surface area contributed by atoms with E-state index in [-0.39, 0.29) is 0 Å². The molecule has 0 fully saturated rings. The molecule has 0 aliphatic rings. The highest BCUT2D eigenvalue weighted by Gasteiger charge is 2.03. The molecule has 0 unspecified atom stereocenters. The van der Waals surface area contributed by atoms with Crippen LogP contribution in [-0.2, 0) is 0 Å².